The molecule has 4 heterocycles. The Morgan fingerprint density at radius 3 is 1.00 bits per heavy atom. The maximum Gasteiger partial charge on any atom is 0.356 e. The second kappa shape index (κ2) is 6.89. The summed E-state index contributed by atoms with van der Waals surface area (Å²) < 4.78 is 2.86. The lowest BCUT2D eigenvalue weighted by Gasteiger charge is -2.10. The SMILES string of the molecule is Nc1ccn(-c2nc(-n3ccc(N)nc3=O)nc(-n3ccc(N)nc3=O)n2)c(=O)n1. The highest BCUT2D eigenvalue weighted by molar-refractivity contribution is 5.32. The van der Waals surface area contributed by atoms with Crippen molar-refractivity contribution in [1.29, 1.82) is 0 Å². The number of rotatable bonds is 3. The largest absolute Gasteiger partial charge is 0.383 e. The molecule has 30 heavy (non-hydrogen) atoms. The fourth-order valence-electron chi connectivity index (χ4n) is 2.37. The van der Waals surface area contributed by atoms with Crippen LogP contribution in [-0.4, -0.2) is 43.6 Å². The van der Waals surface area contributed by atoms with Crippen molar-refractivity contribution >= 4 is 17.5 Å². The molecule has 150 valence electrons. The Kier molecular flexibility index (Phi) is 4.23. The first-order chi connectivity index (χ1) is 14.3. The fourth-order valence-corrected chi connectivity index (χ4v) is 2.37. The first kappa shape index (κ1) is 18.4. The van der Waals surface area contributed by atoms with Crippen LogP contribution in [0.3, 0.4) is 0 Å². The summed E-state index contributed by atoms with van der Waals surface area (Å²) in [5.74, 6) is -0.740. The van der Waals surface area contributed by atoms with Crippen LogP contribution in [0.4, 0.5) is 17.5 Å². The Hall–Kier alpha value is -4.95. The van der Waals surface area contributed by atoms with Crippen LogP contribution in [0.1, 0.15) is 0 Å². The van der Waals surface area contributed by atoms with Crippen molar-refractivity contribution in [3.8, 4) is 17.8 Å². The molecule has 15 nitrogen and oxygen atoms in total. The molecule has 0 bridgehead atoms. The summed E-state index contributed by atoms with van der Waals surface area (Å²) in [6.07, 6.45) is 3.84. The molecule has 0 unspecified atom stereocenters. The lowest BCUT2D eigenvalue weighted by atomic mass is 10.5. The smallest absolute Gasteiger partial charge is 0.356 e. The molecule has 0 radical (unpaired) electrons. The molecule has 0 saturated carbocycles. The van der Waals surface area contributed by atoms with Gasteiger partial charge in [0.25, 0.3) is 0 Å². The van der Waals surface area contributed by atoms with Crippen LogP contribution >= 0.6 is 0 Å². The molecule has 4 rings (SSSR count). The normalized spacial score (nSPS) is 10.8. The van der Waals surface area contributed by atoms with Gasteiger partial charge in [0.1, 0.15) is 17.5 Å². The van der Waals surface area contributed by atoms with E-state index in [4.69, 9.17) is 17.2 Å². The van der Waals surface area contributed by atoms with Crippen molar-refractivity contribution in [2.75, 3.05) is 17.2 Å². The van der Waals surface area contributed by atoms with Crippen LogP contribution in [0, 0.1) is 0 Å². The average molecular weight is 408 g/mol. The number of nitrogens with two attached hydrogens (primary N) is 3. The maximum atomic E-state index is 12.2. The lowest BCUT2D eigenvalue weighted by molar-refractivity contribution is 0.742. The van der Waals surface area contributed by atoms with E-state index < -0.39 is 17.1 Å². The second-order valence-corrected chi connectivity index (χ2v) is 5.75. The minimum absolute atomic E-state index is 0.0105. The van der Waals surface area contributed by atoms with E-state index in [1.54, 1.807) is 0 Å². The Morgan fingerprint density at radius 2 is 0.767 bits per heavy atom. The van der Waals surface area contributed by atoms with E-state index in [0.29, 0.717) is 0 Å². The van der Waals surface area contributed by atoms with E-state index >= 15 is 0 Å². The molecule has 0 aliphatic rings. The fraction of sp³-hybridized carbons (Fsp3) is 0. The molecule has 4 aromatic heterocycles. The topological polar surface area (TPSA) is 221 Å². The van der Waals surface area contributed by atoms with Gasteiger partial charge in [0.2, 0.25) is 17.8 Å². The van der Waals surface area contributed by atoms with Gasteiger partial charge in [-0.3, -0.25) is 0 Å². The maximum absolute atomic E-state index is 12.2. The lowest BCUT2D eigenvalue weighted by Crippen LogP contribution is -2.29. The summed E-state index contributed by atoms with van der Waals surface area (Å²) in [4.78, 5) is 59.8. The van der Waals surface area contributed by atoms with E-state index in [1.165, 1.54) is 36.8 Å². The van der Waals surface area contributed by atoms with E-state index in [2.05, 4.69) is 29.9 Å². The van der Waals surface area contributed by atoms with Crippen molar-refractivity contribution in [3.63, 3.8) is 0 Å². The molecule has 0 aliphatic carbocycles. The third-order valence-electron chi connectivity index (χ3n) is 3.72. The van der Waals surface area contributed by atoms with Gasteiger partial charge in [0.15, 0.2) is 0 Å². The predicted molar refractivity (Wildman–Crippen MR) is 103 cm³/mol. The van der Waals surface area contributed by atoms with Crippen molar-refractivity contribution in [2.45, 2.75) is 0 Å². The Balaban J connectivity index is 2.02. The van der Waals surface area contributed by atoms with Crippen LogP contribution in [-0.2, 0) is 0 Å². The van der Waals surface area contributed by atoms with E-state index in [9.17, 15) is 14.4 Å². The summed E-state index contributed by atoms with van der Waals surface area (Å²) in [5, 5.41) is 0. The molecule has 6 N–H and O–H groups in total. The van der Waals surface area contributed by atoms with Gasteiger partial charge in [0.05, 0.1) is 0 Å². The summed E-state index contributed by atoms with van der Waals surface area (Å²) in [7, 11) is 0. The molecule has 0 atom stereocenters. The van der Waals surface area contributed by atoms with Gasteiger partial charge in [-0.1, -0.05) is 0 Å². The van der Waals surface area contributed by atoms with Gasteiger partial charge in [-0.15, -0.1) is 0 Å². The van der Waals surface area contributed by atoms with Crippen LogP contribution in [0.15, 0.2) is 51.2 Å². The quantitative estimate of drug-likeness (QED) is 0.314. The van der Waals surface area contributed by atoms with Crippen molar-refractivity contribution < 1.29 is 0 Å². The molecule has 0 fully saturated rings. The van der Waals surface area contributed by atoms with Crippen molar-refractivity contribution in [1.82, 2.24) is 43.6 Å². The van der Waals surface area contributed by atoms with E-state index in [-0.39, 0.29) is 35.3 Å². The van der Waals surface area contributed by atoms with Gasteiger partial charge in [-0.2, -0.15) is 29.9 Å². The van der Waals surface area contributed by atoms with E-state index in [1.807, 2.05) is 0 Å². The minimum Gasteiger partial charge on any atom is -0.383 e. The zero-order chi connectivity index (χ0) is 21.4. The van der Waals surface area contributed by atoms with Gasteiger partial charge in [-0.05, 0) is 18.2 Å². The highest BCUT2D eigenvalue weighted by atomic mass is 16.2. The molecular weight excluding hydrogens is 396 g/mol. The standard InChI is InChI=1S/C15H12N12O3/c16-7-1-4-25(13(28)19-7)10-22-11(26-5-2-8(17)20-14(26)29)24-12(23-10)27-6-3-9(18)21-15(27)30/h1-6H,(H2,16,19,28)(H2,17,20,29)(H2,18,21,30). The Bertz CT molecular complexity index is 1270. The summed E-state index contributed by atoms with van der Waals surface area (Å²) >= 11 is 0. The zero-order valence-corrected chi connectivity index (χ0v) is 14.9. The first-order valence-electron chi connectivity index (χ1n) is 8.14. The number of nitrogen functional groups attached to an aromatic ring is 3. The van der Waals surface area contributed by atoms with Crippen LogP contribution in [0.2, 0.25) is 0 Å². The molecular formula is C15H12N12O3. The first-order valence-corrected chi connectivity index (χ1v) is 8.14. The second-order valence-electron chi connectivity index (χ2n) is 5.75. The molecule has 0 aromatic carbocycles. The third-order valence-corrected chi connectivity index (χ3v) is 3.72. The molecule has 0 amide bonds. The summed E-state index contributed by atoms with van der Waals surface area (Å²) in [6.45, 7) is 0. The van der Waals surface area contributed by atoms with E-state index in [0.717, 1.165) is 13.7 Å². The van der Waals surface area contributed by atoms with Crippen LogP contribution in [0.5, 0.6) is 0 Å². The molecule has 15 heteroatoms. The van der Waals surface area contributed by atoms with Crippen LogP contribution < -0.4 is 34.3 Å². The number of hydrogen-bond acceptors (Lipinski definition) is 12. The number of anilines is 3. The van der Waals surface area contributed by atoms with Gasteiger partial charge >= 0.3 is 17.1 Å². The average Bonchev–Trinajstić information content (AvgIpc) is 2.67. The van der Waals surface area contributed by atoms with Gasteiger partial charge in [-0.25, -0.2) is 28.1 Å². The highest BCUT2D eigenvalue weighted by Crippen LogP contribution is 2.07. The van der Waals surface area contributed by atoms with Crippen LogP contribution in [0.25, 0.3) is 17.8 Å². The van der Waals surface area contributed by atoms with Gasteiger partial charge in [0, 0.05) is 18.6 Å². The minimum atomic E-state index is -0.788. The monoisotopic (exact) mass is 408 g/mol. The number of aromatic nitrogens is 9. The Labute approximate surface area is 165 Å². The molecule has 0 spiro atoms. The summed E-state index contributed by atoms with van der Waals surface area (Å²) in [5.41, 5.74) is 14.2. The number of hydrogen-bond donors (Lipinski definition) is 3. The molecule has 0 saturated heterocycles. The molecule has 0 aliphatic heterocycles. The summed E-state index contributed by atoms with van der Waals surface area (Å²) in [6, 6.07) is 4.04. The molecule has 4 aromatic rings. The third kappa shape index (κ3) is 3.33. The predicted octanol–water partition coefficient (Wildman–Crippen LogP) is -2.74. The zero-order valence-electron chi connectivity index (χ0n) is 14.9. The van der Waals surface area contributed by atoms with Gasteiger partial charge < -0.3 is 17.2 Å². The van der Waals surface area contributed by atoms with Crippen molar-refractivity contribution in [3.05, 3.63) is 68.2 Å². The van der Waals surface area contributed by atoms with Crippen molar-refractivity contribution in [2.24, 2.45) is 0 Å². The highest BCUT2D eigenvalue weighted by Gasteiger charge is 2.15. The Morgan fingerprint density at radius 1 is 0.500 bits per heavy atom. The number of nitrogens with zero attached hydrogens (tertiary/aromatic N) is 9.